The van der Waals surface area contributed by atoms with E-state index in [4.69, 9.17) is 0 Å². The summed E-state index contributed by atoms with van der Waals surface area (Å²) in [6.07, 6.45) is 5.22. The minimum atomic E-state index is 0.701. The van der Waals surface area contributed by atoms with Gasteiger partial charge in [-0.05, 0) is 18.9 Å². The Labute approximate surface area is 62.8 Å². The average molecular weight is 137 g/mol. The Morgan fingerprint density at radius 1 is 1.70 bits per heavy atom. The summed E-state index contributed by atoms with van der Waals surface area (Å²) in [4.78, 5) is 0. The maximum atomic E-state index is 3.69. The highest BCUT2D eigenvalue weighted by molar-refractivity contribution is 5.15. The molecule has 1 aliphatic rings. The highest BCUT2D eigenvalue weighted by Crippen LogP contribution is 2.16. The lowest BCUT2D eigenvalue weighted by Crippen LogP contribution is -2.29. The molecule has 0 spiro atoms. The summed E-state index contributed by atoms with van der Waals surface area (Å²) in [7, 11) is 0. The minimum absolute atomic E-state index is 0.701. The van der Waals surface area contributed by atoms with Crippen molar-refractivity contribution in [2.45, 2.75) is 13.3 Å². The second-order valence-electron chi connectivity index (χ2n) is 2.83. The van der Waals surface area contributed by atoms with E-state index < -0.39 is 0 Å². The van der Waals surface area contributed by atoms with E-state index in [1.165, 1.54) is 12.0 Å². The Morgan fingerprint density at radius 2 is 2.50 bits per heavy atom. The van der Waals surface area contributed by atoms with E-state index in [1.54, 1.807) is 0 Å². The van der Waals surface area contributed by atoms with Crippen LogP contribution in [0.3, 0.4) is 0 Å². The first kappa shape index (κ1) is 7.55. The van der Waals surface area contributed by atoms with Crippen molar-refractivity contribution in [1.29, 1.82) is 0 Å². The van der Waals surface area contributed by atoms with Gasteiger partial charge in [0.1, 0.15) is 0 Å². The van der Waals surface area contributed by atoms with Crippen molar-refractivity contribution < 1.29 is 0 Å². The molecule has 0 saturated carbocycles. The summed E-state index contributed by atoms with van der Waals surface area (Å²) in [6, 6.07) is 0. The van der Waals surface area contributed by atoms with E-state index in [0.717, 1.165) is 13.1 Å². The Kier molecular flexibility index (Phi) is 2.69. The Morgan fingerprint density at radius 3 is 3.10 bits per heavy atom. The molecule has 0 aliphatic carbocycles. The van der Waals surface area contributed by atoms with Gasteiger partial charge in [-0.2, -0.15) is 0 Å². The van der Waals surface area contributed by atoms with Crippen molar-refractivity contribution in [2.24, 2.45) is 5.92 Å². The van der Waals surface area contributed by atoms with Crippen molar-refractivity contribution in [2.75, 3.05) is 13.1 Å². The molecule has 56 valence electrons. The maximum Gasteiger partial charge on any atom is 0.00144 e. The fourth-order valence-corrected chi connectivity index (χ4v) is 1.33. The smallest absolute Gasteiger partial charge is 0.00144 e. The molecule has 1 N–H and O–H groups in total. The highest BCUT2D eigenvalue weighted by Gasteiger charge is 2.11. The molecule has 0 aromatic rings. The van der Waals surface area contributed by atoms with Crippen LogP contribution in [0.4, 0.5) is 0 Å². The van der Waals surface area contributed by atoms with Gasteiger partial charge < -0.3 is 5.32 Å². The quantitative estimate of drug-likeness (QED) is 0.580. The van der Waals surface area contributed by atoms with Gasteiger partial charge >= 0.3 is 0 Å². The van der Waals surface area contributed by atoms with Crippen molar-refractivity contribution in [3.05, 3.63) is 24.3 Å². The lowest BCUT2D eigenvalue weighted by molar-refractivity contribution is 0.502. The zero-order valence-electron chi connectivity index (χ0n) is 6.56. The number of hydrogen-bond donors (Lipinski definition) is 1. The van der Waals surface area contributed by atoms with E-state index >= 15 is 0 Å². The van der Waals surface area contributed by atoms with Crippen molar-refractivity contribution in [3.8, 4) is 0 Å². The molecule has 0 bridgehead atoms. The van der Waals surface area contributed by atoms with Gasteiger partial charge in [-0.3, -0.25) is 0 Å². The third kappa shape index (κ3) is 1.71. The Bertz CT molecular complexity index is 147. The van der Waals surface area contributed by atoms with Crippen LogP contribution in [-0.2, 0) is 0 Å². The van der Waals surface area contributed by atoms with Gasteiger partial charge in [-0.1, -0.05) is 31.2 Å². The summed E-state index contributed by atoms with van der Waals surface area (Å²) in [5.74, 6) is 0.701. The van der Waals surface area contributed by atoms with E-state index in [1.807, 2.05) is 6.08 Å². The molecule has 1 rings (SSSR count). The van der Waals surface area contributed by atoms with E-state index in [-0.39, 0.29) is 0 Å². The fourth-order valence-electron chi connectivity index (χ4n) is 1.33. The van der Waals surface area contributed by atoms with Crippen LogP contribution in [-0.4, -0.2) is 13.1 Å². The summed E-state index contributed by atoms with van der Waals surface area (Å²) in [5.41, 5.74) is 1.54. The zero-order chi connectivity index (χ0) is 7.40. The first-order chi connectivity index (χ1) is 4.84. The summed E-state index contributed by atoms with van der Waals surface area (Å²) < 4.78 is 0. The van der Waals surface area contributed by atoms with Gasteiger partial charge in [-0.15, -0.1) is 0 Å². The lowest BCUT2D eigenvalue weighted by Gasteiger charge is -2.22. The van der Waals surface area contributed by atoms with Gasteiger partial charge in [0.2, 0.25) is 0 Å². The van der Waals surface area contributed by atoms with Crippen molar-refractivity contribution >= 4 is 0 Å². The third-order valence-corrected chi connectivity index (χ3v) is 2.01. The van der Waals surface area contributed by atoms with Crippen LogP contribution >= 0.6 is 0 Å². The van der Waals surface area contributed by atoms with Crippen molar-refractivity contribution in [3.63, 3.8) is 0 Å². The molecule has 1 fully saturated rings. The average Bonchev–Trinajstić information content (AvgIpc) is 1.94. The second-order valence-corrected chi connectivity index (χ2v) is 2.83. The van der Waals surface area contributed by atoms with Gasteiger partial charge in [0.15, 0.2) is 0 Å². The molecular formula is C9H15N. The third-order valence-electron chi connectivity index (χ3n) is 2.01. The van der Waals surface area contributed by atoms with Crippen LogP contribution in [0.1, 0.15) is 13.3 Å². The monoisotopic (exact) mass is 137 g/mol. The summed E-state index contributed by atoms with van der Waals surface area (Å²) in [6.45, 7) is 8.20. The minimum Gasteiger partial charge on any atom is -0.316 e. The normalized spacial score (nSPS) is 30.5. The molecule has 1 nitrogen and oxygen atoms in total. The highest BCUT2D eigenvalue weighted by atomic mass is 14.9. The van der Waals surface area contributed by atoms with Crippen LogP contribution in [0.5, 0.6) is 0 Å². The Hall–Kier alpha value is -0.560. The number of rotatable bonds is 1. The van der Waals surface area contributed by atoms with Gasteiger partial charge in [0.05, 0.1) is 0 Å². The van der Waals surface area contributed by atoms with Crippen LogP contribution < -0.4 is 5.32 Å². The molecule has 0 aromatic carbocycles. The van der Waals surface area contributed by atoms with Gasteiger partial charge in [0.25, 0.3) is 0 Å². The van der Waals surface area contributed by atoms with Crippen LogP contribution in [0.2, 0.25) is 0 Å². The number of piperidine rings is 1. The molecule has 1 atom stereocenters. The first-order valence-electron chi connectivity index (χ1n) is 3.87. The predicted molar refractivity (Wildman–Crippen MR) is 44.9 cm³/mol. The summed E-state index contributed by atoms with van der Waals surface area (Å²) in [5, 5.41) is 3.35. The lowest BCUT2D eigenvalue weighted by atomic mass is 9.94. The molecule has 0 aromatic heterocycles. The van der Waals surface area contributed by atoms with Gasteiger partial charge in [-0.25, -0.2) is 0 Å². The van der Waals surface area contributed by atoms with Crippen LogP contribution in [0.25, 0.3) is 0 Å². The van der Waals surface area contributed by atoms with Gasteiger partial charge in [0, 0.05) is 6.54 Å². The van der Waals surface area contributed by atoms with Crippen LogP contribution in [0, 0.1) is 5.92 Å². The SMILES string of the molecule is C=C/C=C1/CCNCC1C. The maximum absolute atomic E-state index is 3.69. The predicted octanol–water partition coefficient (Wildman–Crippen LogP) is 1.73. The number of hydrogen-bond acceptors (Lipinski definition) is 1. The number of nitrogens with one attached hydrogen (secondary N) is 1. The van der Waals surface area contributed by atoms with E-state index in [9.17, 15) is 0 Å². The molecule has 1 heteroatoms. The molecule has 1 heterocycles. The van der Waals surface area contributed by atoms with E-state index in [0.29, 0.717) is 5.92 Å². The second kappa shape index (κ2) is 3.57. The van der Waals surface area contributed by atoms with Crippen LogP contribution in [0.15, 0.2) is 24.3 Å². The topological polar surface area (TPSA) is 12.0 Å². The fraction of sp³-hybridized carbons (Fsp3) is 0.556. The zero-order valence-corrected chi connectivity index (χ0v) is 6.56. The molecule has 0 amide bonds. The molecule has 1 aliphatic heterocycles. The molecule has 10 heavy (non-hydrogen) atoms. The van der Waals surface area contributed by atoms with E-state index in [2.05, 4.69) is 24.9 Å². The standard InChI is InChI=1S/C9H15N/c1-3-4-9-5-6-10-7-8(9)2/h3-4,8,10H,1,5-7H2,2H3/b9-4-. The van der Waals surface area contributed by atoms with Crippen molar-refractivity contribution in [1.82, 2.24) is 5.32 Å². The largest absolute Gasteiger partial charge is 0.316 e. The number of allylic oxidation sites excluding steroid dienone is 2. The Balaban J connectivity index is 2.55. The summed E-state index contributed by atoms with van der Waals surface area (Å²) >= 11 is 0. The molecule has 0 radical (unpaired) electrons. The molecular weight excluding hydrogens is 122 g/mol. The molecule has 1 unspecified atom stereocenters. The first-order valence-corrected chi connectivity index (χ1v) is 3.87. The molecule has 1 saturated heterocycles.